The van der Waals surface area contributed by atoms with Crippen LogP contribution in [0.15, 0.2) is 54.4 Å². The van der Waals surface area contributed by atoms with Crippen LogP contribution in [0, 0.1) is 5.92 Å². The lowest BCUT2D eigenvalue weighted by Gasteiger charge is -2.71. The molecule has 5 aliphatic heterocycles. The number of allylic oxidation sites excluding steroid dienone is 1. The van der Waals surface area contributed by atoms with Crippen molar-refractivity contribution in [2.75, 3.05) is 18.6 Å². The number of phenols is 1. The predicted molar refractivity (Wildman–Crippen MR) is 165 cm³/mol. The van der Waals surface area contributed by atoms with Crippen LogP contribution in [0.25, 0.3) is 17.0 Å². The molecular weight excluding hydrogens is 600 g/mol. The number of benzene rings is 2. The molecule has 0 aliphatic carbocycles. The number of nitrogens with one attached hydrogen (secondary N) is 1. The van der Waals surface area contributed by atoms with Crippen LogP contribution in [0.1, 0.15) is 44.5 Å². The van der Waals surface area contributed by atoms with Gasteiger partial charge in [0.25, 0.3) is 17.5 Å². The van der Waals surface area contributed by atoms with E-state index in [0.29, 0.717) is 16.3 Å². The van der Waals surface area contributed by atoms with Gasteiger partial charge in [0.2, 0.25) is 0 Å². The lowest BCUT2D eigenvalue weighted by Crippen LogP contribution is -2.89. The molecule has 0 saturated carbocycles. The van der Waals surface area contributed by atoms with E-state index in [0.717, 1.165) is 26.4 Å². The van der Waals surface area contributed by atoms with E-state index in [2.05, 4.69) is 4.98 Å². The molecule has 1 spiro atoms. The second-order valence-corrected chi connectivity index (χ2v) is 14.2. The van der Waals surface area contributed by atoms with Crippen LogP contribution in [0.4, 0.5) is 5.69 Å². The molecule has 5 N–H and O–H groups in total. The first-order valence-corrected chi connectivity index (χ1v) is 15.1. The highest BCUT2D eigenvalue weighted by Gasteiger charge is 2.92. The molecule has 5 atom stereocenters. The second-order valence-electron chi connectivity index (χ2n) is 13.7. The lowest BCUT2D eigenvalue weighted by atomic mass is 9.60. The van der Waals surface area contributed by atoms with E-state index in [9.17, 15) is 25.2 Å². The average Bonchev–Trinajstić information content (AvgIpc) is 3.48. The van der Waals surface area contributed by atoms with Crippen LogP contribution in [-0.2, 0) is 25.3 Å². The van der Waals surface area contributed by atoms with Gasteiger partial charge in [0.1, 0.15) is 11.4 Å². The Balaban J connectivity index is 1.44. The summed E-state index contributed by atoms with van der Waals surface area (Å²) in [6.07, 6.45) is 3.17. The van der Waals surface area contributed by atoms with Crippen molar-refractivity contribution in [3.63, 3.8) is 0 Å². The number of nitrogens with zero attached hydrogens (tertiary/aromatic N) is 3. The number of anilines is 1. The minimum atomic E-state index is -2.70. The predicted octanol–water partition coefficient (Wildman–Crippen LogP) is 2.87. The van der Waals surface area contributed by atoms with E-state index in [4.69, 9.17) is 16.3 Å². The maximum atomic E-state index is 15.1. The number of hydrogen-bond donors (Lipinski definition) is 5. The number of piperazine rings is 1. The second kappa shape index (κ2) is 8.28. The molecule has 0 unspecified atom stereocenters. The Kier molecular flexibility index (Phi) is 5.26. The van der Waals surface area contributed by atoms with Crippen LogP contribution in [0.2, 0.25) is 5.02 Å². The Morgan fingerprint density at radius 2 is 1.78 bits per heavy atom. The molecule has 3 saturated heterocycles. The van der Waals surface area contributed by atoms with Crippen LogP contribution < -0.4 is 4.90 Å². The fourth-order valence-electron chi connectivity index (χ4n) is 9.08. The molecule has 8 rings (SSSR count). The number of amides is 2. The maximum absolute atomic E-state index is 15.1. The quantitative estimate of drug-likeness (QED) is 0.290. The Labute approximate surface area is 263 Å². The Morgan fingerprint density at radius 1 is 1.04 bits per heavy atom. The first-order chi connectivity index (χ1) is 21.1. The molecule has 0 radical (unpaired) electrons. The minimum absolute atomic E-state index is 0.0536. The standard InChI is InChI=1S/C33H33ClN4O7/c1-29(2)10-11-36-23(14-19-18-8-6-16(34)12-21(18)35-25(19)29)26(41)38-32(44,28(36)42)27(45-5)31(43)20-13-17(40)7-9-22(20)37-30(3,4)24(15-39)33(31,37)38/h6-14,24,27,35,39-40,43-44H,15H2,1-5H3/b11-10-,23-14-/t24-,27+,31+,32+,33+/m0/s1. The van der Waals surface area contributed by atoms with Gasteiger partial charge in [0.05, 0.1) is 12.5 Å². The molecule has 2 aromatic carbocycles. The smallest absolute Gasteiger partial charge is 0.287 e. The number of methoxy groups -OCH3 is 1. The number of halogens is 1. The number of H-pyrrole nitrogens is 1. The zero-order valence-corrected chi connectivity index (χ0v) is 26.0. The van der Waals surface area contributed by atoms with Crippen molar-refractivity contribution in [3.8, 4) is 5.75 Å². The van der Waals surface area contributed by atoms with Crippen molar-refractivity contribution in [2.24, 2.45) is 5.92 Å². The minimum Gasteiger partial charge on any atom is -0.508 e. The van der Waals surface area contributed by atoms with Gasteiger partial charge < -0.3 is 35.0 Å². The van der Waals surface area contributed by atoms with Crippen molar-refractivity contribution >= 4 is 46.1 Å². The summed E-state index contributed by atoms with van der Waals surface area (Å²) in [5, 5.41) is 48.3. The van der Waals surface area contributed by atoms with Gasteiger partial charge in [0.15, 0.2) is 17.4 Å². The third-order valence-corrected chi connectivity index (χ3v) is 11.1. The maximum Gasteiger partial charge on any atom is 0.287 e. The van der Waals surface area contributed by atoms with Gasteiger partial charge in [-0.25, -0.2) is 0 Å². The highest BCUT2D eigenvalue weighted by atomic mass is 35.5. The molecule has 5 aliphatic rings. The lowest BCUT2D eigenvalue weighted by molar-refractivity contribution is -0.218. The third kappa shape index (κ3) is 2.85. The van der Waals surface area contributed by atoms with E-state index in [1.54, 1.807) is 35.3 Å². The van der Waals surface area contributed by atoms with E-state index < -0.39 is 58.4 Å². The number of aromatic amines is 1. The number of aliphatic hydroxyl groups is 3. The van der Waals surface area contributed by atoms with Gasteiger partial charge in [-0.1, -0.05) is 37.6 Å². The molecule has 3 fully saturated rings. The summed E-state index contributed by atoms with van der Waals surface area (Å²) in [5.74, 6) is -2.66. The fourth-order valence-corrected chi connectivity index (χ4v) is 9.25. The average molecular weight is 633 g/mol. The molecule has 1 aromatic heterocycles. The number of hydrogen-bond acceptors (Lipinski definition) is 8. The summed E-state index contributed by atoms with van der Waals surface area (Å²) in [6.45, 7) is 7.14. The molecule has 45 heavy (non-hydrogen) atoms. The summed E-state index contributed by atoms with van der Waals surface area (Å²) in [7, 11) is 1.25. The van der Waals surface area contributed by atoms with E-state index >= 15 is 4.79 Å². The third-order valence-electron chi connectivity index (χ3n) is 10.9. The molecule has 234 valence electrons. The van der Waals surface area contributed by atoms with Crippen LogP contribution in [0.3, 0.4) is 0 Å². The molecular formula is C33H33ClN4O7. The molecule has 12 heteroatoms. The largest absolute Gasteiger partial charge is 0.508 e. The summed E-state index contributed by atoms with van der Waals surface area (Å²) in [6, 6.07) is 9.82. The molecule has 0 bridgehead atoms. The number of phenolic OH excluding ortho intramolecular Hbond substituents is 1. The zero-order valence-electron chi connectivity index (χ0n) is 25.3. The number of carbonyl (C=O) groups excluding carboxylic acids is 2. The Morgan fingerprint density at radius 3 is 2.47 bits per heavy atom. The molecule has 6 heterocycles. The normalized spacial score (nSPS) is 35.3. The van der Waals surface area contributed by atoms with Crippen LogP contribution in [0.5, 0.6) is 5.75 Å². The van der Waals surface area contributed by atoms with Crippen LogP contribution >= 0.6 is 11.6 Å². The number of carbonyl (C=O) groups is 2. The number of aromatic hydroxyl groups is 1. The van der Waals surface area contributed by atoms with Crippen LogP contribution in [-0.4, -0.2) is 83.8 Å². The summed E-state index contributed by atoms with van der Waals surface area (Å²) < 4.78 is 5.82. The molecule has 11 nitrogen and oxygen atoms in total. The molecule has 2 amide bonds. The van der Waals surface area contributed by atoms with Gasteiger partial charge in [-0.15, -0.1) is 0 Å². The van der Waals surface area contributed by atoms with Gasteiger partial charge in [0, 0.05) is 62.7 Å². The number of aliphatic hydroxyl groups excluding tert-OH is 1. The number of ether oxygens (including phenoxy) is 1. The summed E-state index contributed by atoms with van der Waals surface area (Å²) >= 11 is 6.31. The van der Waals surface area contributed by atoms with Gasteiger partial charge in [-0.2, -0.15) is 0 Å². The summed E-state index contributed by atoms with van der Waals surface area (Å²) in [4.78, 5) is 37.2. The topological polar surface area (TPSA) is 150 Å². The van der Waals surface area contributed by atoms with E-state index in [1.165, 1.54) is 25.4 Å². The van der Waals surface area contributed by atoms with Crippen molar-refractivity contribution in [2.45, 2.75) is 61.7 Å². The first-order valence-electron chi connectivity index (χ1n) is 14.8. The van der Waals surface area contributed by atoms with Gasteiger partial charge in [-0.05, 0) is 50.3 Å². The van der Waals surface area contributed by atoms with Crippen molar-refractivity contribution < 1.29 is 34.8 Å². The van der Waals surface area contributed by atoms with Gasteiger partial charge >= 0.3 is 0 Å². The Bertz CT molecular complexity index is 1950. The highest BCUT2D eigenvalue weighted by molar-refractivity contribution is 6.31. The number of aromatic nitrogens is 1. The van der Waals surface area contributed by atoms with E-state index in [-0.39, 0.29) is 17.0 Å². The zero-order chi connectivity index (χ0) is 32.2. The van der Waals surface area contributed by atoms with E-state index in [1.807, 2.05) is 33.8 Å². The molecule has 3 aromatic rings. The Hall–Kier alpha value is -3.87. The van der Waals surface area contributed by atoms with Crippen molar-refractivity contribution in [3.05, 3.63) is 76.2 Å². The number of fused-ring (bicyclic) bond motifs is 8. The fraction of sp³-hybridized carbons (Fsp3) is 0.394. The van der Waals surface area contributed by atoms with Gasteiger partial charge in [-0.3, -0.25) is 19.4 Å². The number of rotatable bonds is 2. The monoisotopic (exact) mass is 632 g/mol. The summed E-state index contributed by atoms with van der Waals surface area (Å²) in [5.41, 5.74) is -5.48. The van der Waals surface area contributed by atoms with Crippen molar-refractivity contribution in [1.82, 2.24) is 14.8 Å². The first kappa shape index (κ1) is 28.6. The highest BCUT2D eigenvalue weighted by Crippen LogP contribution is 2.74. The SMILES string of the molecule is CO[C@@H]1[C@]2(O)c3cc(O)ccc3N3C(C)(C)[C@H](CO)[C@]32N2C(=O)/C3=C/c4c([nH]c5cc(Cl)ccc45)C(C)(C)/C=C\N3C(=O)[C@]12O. The van der Waals surface area contributed by atoms with Crippen molar-refractivity contribution in [1.29, 1.82) is 0 Å².